The molecule has 0 heterocycles. The fourth-order valence-corrected chi connectivity index (χ4v) is 15.6. The molecule has 0 amide bonds. The van der Waals surface area contributed by atoms with Gasteiger partial charge in [0.15, 0.2) is 0 Å². The minimum Gasteiger partial charge on any atom is -0.249 e. The van der Waals surface area contributed by atoms with Gasteiger partial charge in [-0.15, -0.1) is 4.67 Å². The zero-order chi connectivity index (χ0) is 21.0. The van der Waals surface area contributed by atoms with Gasteiger partial charge in [0.1, 0.15) is 0 Å². The van der Waals surface area contributed by atoms with Gasteiger partial charge >= 0.3 is 8.37 Å². The molecule has 0 bridgehead atoms. The average molecular weight is 430 g/mol. The smallest absolute Gasteiger partial charge is 0.249 e. The number of hydrogen-bond acceptors (Lipinski definition) is 3. The highest BCUT2D eigenvalue weighted by molar-refractivity contribution is 7.72. The molecule has 9 nitrogen and oxygen atoms in total. The maximum atomic E-state index is 5.44. The summed E-state index contributed by atoms with van der Waals surface area (Å²) in [6, 6.07) is 0. The number of rotatable bonds is 9. The van der Waals surface area contributed by atoms with Crippen molar-refractivity contribution in [3.05, 3.63) is 0 Å². The first-order valence-electron chi connectivity index (χ1n) is 8.53. The molecule has 26 heavy (non-hydrogen) atoms. The van der Waals surface area contributed by atoms with Gasteiger partial charge in [0.2, 0.25) is 15.0 Å². The normalized spacial score (nSPS) is 14.2. The zero-order valence-corrected chi connectivity index (χ0v) is 22.2. The molecular formula is C14H43N9P3+. The highest BCUT2D eigenvalue weighted by Crippen LogP contribution is 2.68. The van der Waals surface area contributed by atoms with E-state index in [2.05, 4.69) is 131 Å². The van der Waals surface area contributed by atoms with E-state index >= 15 is 0 Å². The van der Waals surface area contributed by atoms with E-state index in [1.54, 1.807) is 0 Å². The fraction of sp³-hybridized carbons (Fsp3) is 1.00. The average Bonchev–Trinajstić information content (AvgIpc) is 2.44. The lowest BCUT2D eigenvalue weighted by Crippen LogP contribution is -2.31. The van der Waals surface area contributed by atoms with Crippen LogP contribution in [0.3, 0.4) is 0 Å². The van der Waals surface area contributed by atoms with Gasteiger partial charge in [0, 0.05) is 14.1 Å². The van der Waals surface area contributed by atoms with Crippen LogP contribution in [0.15, 0.2) is 9.03 Å². The third kappa shape index (κ3) is 5.36. The van der Waals surface area contributed by atoms with Crippen molar-refractivity contribution >= 4 is 23.4 Å². The van der Waals surface area contributed by atoms with Crippen LogP contribution >= 0.6 is 23.4 Å². The van der Waals surface area contributed by atoms with Crippen molar-refractivity contribution < 1.29 is 0 Å². The lowest BCUT2D eigenvalue weighted by atomic mass is 11.2. The molecule has 0 N–H and O–H groups in total. The zero-order valence-electron chi connectivity index (χ0n) is 19.4. The molecule has 0 aromatic carbocycles. The van der Waals surface area contributed by atoms with Crippen LogP contribution in [0.2, 0.25) is 0 Å². The molecule has 0 aliphatic rings. The van der Waals surface area contributed by atoms with Crippen molar-refractivity contribution in [1.82, 2.24) is 32.7 Å². The van der Waals surface area contributed by atoms with E-state index in [9.17, 15) is 0 Å². The Labute approximate surface area is 164 Å². The van der Waals surface area contributed by atoms with Gasteiger partial charge in [-0.1, -0.05) is 9.03 Å². The van der Waals surface area contributed by atoms with Crippen LogP contribution in [0.5, 0.6) is 0 Å². The second-order valence-corrected chi connectivity index (χ2v) is 17.6. The van der Waals surface area contributed by atoms with Gasteiger partial charge in [-0.05, 0) is 84.6 Å². The van der Waals surface area contributed by atoms with Crippen molar-refractivity contribution in [3.8, 4) is 0 Å². The SMILES string of the molecule is CN(C)[PH+](N=P(N(C)C)(N(C)C)N(C)C)N=P(N(C)C)(N(C)C)N(C)C. The maximum Gasteiger partial charge on any atom is 0.314 e. The van der Waals surface area contributed by atoms with E-state index in [4.69, 9.17) is 9.03 Å². The third-order valence-corrected chi connectivity index (χ3v) is 14.9. The van der Waals surface area contributed by atoms with Gasteiger partial charge in [-0.25, -0.2) is 28.0 Å². The van der Waals surface area contributed by atoms with E-state index in [0.717, 1.165) is 0 Å². The molecule has 0 aliphatic carbocycles. The minimum absolute atomic E-state index is 1.51. The summed E-state index contributed by atoms with van der Waals surface area (Å²) in [6.45, 7) is 0. The summed E-state index contributed by atoms with van der Waals surface area (Å²) in [4.78, 5) is 0. The molecule has 0 fully saturated rings. The Morgan fingerprint density at radius 2 is 0.615 bits per heavy atom. The van der Waals surface area contributed by atoms with Crippen LogP contribution in [0.1, 0.15) is 0 Å². The standard InChI is InChI=1S/C14H42N9P3/c1-17(2)24(15-25(18(3)4,19(5)6)20(7)8)16-26(21(9)10,22(11)12)23(13)14/h1-14H3/p+1. The first-order valence-corrected chi connectivity index (χ1v) is 13.1. The van der Waals surface area contributed by atoms with E-state index in [1.807, 2.05) is 0 Å². The second-order valence-electron chi connectivity index (χ2n) is 7.55. The van der Waals surface area contributed by atoms with Gasteiger partial charge in [-0.2, -0.15) is 0 Å². The largest absolute Gasteiger partial charge is 0.314 e. The van der Waals surface area contributed by atoms with Gasteiger partial charge in [-0.3, -0.25) is 0 Å². The maximum absolute atomic E-state index is 5.44. The summed E-state index contributed by atoms with van der Waals surface area (Å²) < 4.78 is 26.6. The molecule has 0 aromatic rings. The van der Waals surface area contributed by atoms with E-state index in [1.165, 1.54) is 0 Å². The topological polar surface area (TPSA) is 47.4 Å². The van der Waals surface area contributed by atoms with Crippen molar-refractivity contribution in [2.45, 2.75) is 0 Å². The predicted octanol–water partition coefficient (Wildman–Crippen LogP) is 2.77. The summed E-state index contributed by atoms with van der Waals surface area (Å²) in [5.41, 5.74) is 0. The Kier molecular flexibility index (Phi) is 10.6. The lowest BCUT2D eigenvalue weighted by Gasteiger charge is -2.41. The first kappa shape index (κ1) is 26.6. The summed E-state index contributed by atoms with van der Waals surface area (Å²) in [5, 5.41) is 0. The van der Waals surface area contributed by atoms with Crippen LogP contribution in [0.4, 0.5) is 0 Å². The van der Waals surface area contributed by atoms with Crippen LogP contribution in [0, 0.1) is 0 Å². The Hall–Kier alpha value is 0.610. The van der Waals surface area contributed by atoms with E-state index < -0.39 is 23.4 Å². The van der Waals surface area contributed by atoms with E-state index in [0.29, 0.717) is 0 Å². The Balaban J connectivity index is 6.90. The molecular weight excluding hydrogens is 387 g/mol. The fourth-order valence-electron chi connectivity index (χ4n) is 3.12. The Morgan fingerprint density at radius 3 is 0.731 bits per heavy atom. The molecule has 0 aromatic heterocycles. The molecule has 0 rings (SSSR count). The monoisotopic (exact) mass is 430 g/mol. The van der Waals surface area contributed by atoms with Crippen molar-refractivity contribution in [3.63, 3.8) is 0 Å². The van der Waals surface area contributed by atoms with Crippen LogP contribution in [0.25, 0.3) is 0 Å². The molecule has 0 saturated carbocycles. The number of nitrogens with zero attached hydrogens (tertiary/aromatic N) is 9. The molecule has 0 spiro atoms. The second kappa shape index (κ2) is 10.4. The molecule has 0 radical (unpaired) electrons. The van der Waals surface area contributed by atoms with Gasteiger partial charge < -0.3 is 0 Å². The van der Waals surface area contributed by atoms with Gasteiger partial charge in [0.05, 0.1) is 0 Å². The Morgan fingerprint density at radius 1 is 0.423 bits per heavy atom. The molecule has 0 aliphatic heterocycles. The summed E-state index contributed by atoms with van der Waals surface area (Å²) in [7, 11) is 24.0. The first-order chi connectivity index (χ1) is 11.7. The quantitative estimate of drug-likeness (QED) is 0.522. The highest BCUT2D eigenvalue weighted by Gasteiger charge is 2.39. The van der Waals surface area contributed by atoms with Crippen LogP contribution in [-0.4, -0.2) is 131 Å². The van der Waals surface area contributed by atoms with Crippen molar-refractivity contribution in [2.75, 3.05) is 98.7 Å². The minimum atomic E-state index is -2.00. The molecule has 0 atom stereocenters. The van der Waals surface area contributed by atoms with E-state index in [-0.39, 0.29) is 0 Å². The molecule has 0 saturated heterocycles. The summed E-state index contributed by atoms with van der Waals surface area (Å²) >= 11 is 0. The highest BCUT2D eigenvalue weighted by atomic mass is 31.2. The van der Waals surface area contributed by atoms with Crippen LogP contribution in [-0.2, 0) is 0 Å². The van der Waals surface area contributed by atoms with Crippen LogP contribution < -0.4 is 0 Å². The van der Waals surface area contributed by atoms with Crippen molar-refractivity contribution in [2.24, 2.45) is 9.03 Å². The lowest BCUT2D eigenvalue weighted by molar-refractivity contribution is 0.473. The third-order valence-electron chi connectivity index (χ3n) is 4.07. The Bertz CT molecular complexity index is 441. The number of hydrogen-bond donors (Lipinski definition) is 0. The molecule has 12 heteroatoms. The van der Waals surface area contributed by atoms with Gasteiger partial charge in [0.25, 0.3) is 0 Å². The summed E-state index contributed by atoms with van der Waals surface area (Å²) in [5.74, 6) is 0. The molecule has 0 unspecified atom stereocenters. The molecule has 158 valence electrons. The summed E-state index contributed by atoms with van der Waals surface area (Å²) in [6.07, 6.45) is 0. The predicted molar refractivity (Wildman–Crippen MR) is 123 cm³/mol. The van der Waals surface area contributed by atoms with Crippen molar-refractivity contribution in [1.29, 1.82) is 0 Å².